The van der Waals surface area contributed by atoms with Crippen molar-refractivity contribution < 1.29 is 19.1 Å². The average molecular weight is 547 g/mol. The smallest absolute Gasteiger partial charge is 0.343 e. The van der Waals surface area contributed by atoms with Crippen LogP contribution in [0.5, 0.6) is 11.5 Å². The molecule has 1 aromatic heterocycles. The molecule has 0 atom stereocenters. The molecule has 0 unspecified atom stereocenters. The maximum absolute atomic E-state index is 13.3. The fourth-order valence-electron chi connectivity index (χ4n) is 4.44. The van der Waals surface area contributed by atoms with Crippen LogP contribution in [0.1, 0.15) is 33.3 Å². The Kier molecular flexibility index (Phi) is 8.10. The number of ether oxygens (including phenoxy) is 2. The van der Waals surface area contributed by atoms with Crippen molar-refractivity contribution in [2.45, 2.75) is 6.92 Å². The van der Waals surface area contributed by atoms with Gasteiger partial charge in [0.25, 0.3) is 5.91 Å². The lowest BCUT2D eigenvalue weighted by atomic mass is 10.0. The highest BCUT2D eigenvalue weighted by Crippen LogP contribution is 2.34. The zero-order chi connectivity index (χ0) is 28.8. The molecule has 0 aliphatic heterocycles. The minimum atomic E-state index is -0.481. The average Bonchev–Trinajstić information content (AvgIpc) is 3.38. The van der Waals surface area contributed by atoms with E-state index in [4.69, 9.17) is 9.47 Å². The van der Waals surface area contributed by atoms with Gasteiger partial charge in [-0.15, -0.1) is 0 Å². The maximum Gasteiger partial charge on any atom is 0.343 e. The largest absolute Gasteiger partial charge is 0.490 e. The SMILES string of the molecule is CCOc1cc(C=NNC(=O)c2[nH]c3ccc(N(C)C)cc3c2-c2ccccc2)ccc1OC(=O)c1ccccc1. The van der Waals surface area contributed by atoms with E-state index in [1.807, 2.05) is 74.4 Å². The van der Waals surface area contributed by atoms with Gasteiger partial charge in [0.05, 0.1) is 18.4 Å². The first kappa shape index (κ1) is 27.2. The van der Waals surface area contributed by atoms with Crippen molar-refractivity contribution in [2.24, 2.45) is 5.10 Å². The van der Waals surface area contributed by atoms with E-state index in [1.165, 1.54) is 6.21 Å². The van der Waals surface area contributed by atoms with Crippen LogP contribution in [-0.4, -0.2) is 43.8 Å². The second-order valence-corrected chi connectivity index (χ2v) is 9.46. The highest BCUT2D eigenvalue weighted by molar-refractivity contribution is 6.10. The minimum absolute atomic E-state index is 0.296. The first-order chi connectivity index (χ1) is 19.9. The molecule has 0 spiro atoms. The highest BCUT2D eigenvalue weighted by Gasteiger charge is 2.20. The monoisotopic (exact) mass is 546 g/mol. The lowest BCUT2D eigenvalue weighted by molar-refractivity contribution is 0.0728. The van der Waals surface area contributed by atoms with E-state index >= 15 is 0 Å². The number of amides is 1. The Labute approximate surface area is 238 Å². The Hall–Kier alpha value is -5.37. The van der Waals surface area contributed by atoms with Gasteiger partial charge in [0, 0.05) is 36.2 Å². The maximum atomic E-state index is 13.3. The lowest BCUT2D eigenvalue weighted by Gasteiger charge is -2.12. The molecule has 1 heterocycles. The van der Waals surface area contributed by atoms with E-state index in [-0.39, 0.29) is 5.91 Å². The van der Waals surface area contributed by atoms with Crippen LogP contribution in [0.3, 0.4) is 0 Å². The van der Waals surface area contributed by atoms with E-state index in [0.717, 1.165) is 27.7 Å². The summed E-state index contributed by atoms with van der Waals surface area (Å²) in [5, 5.41) is 5.14. The number of carbonyl (C=O) groups is 2. The predicted octanol–water partition coefficient (Wildman–Crippen LogP) is 6.28. The molecule has 5 aromatic rings. The molecule has 0 aliphatic carbocycles. The van der Waals surface area contributed by atoms with E-state index in [9.17, 15) is 9.59 Å². The highest BCUT2D eigenvalue weighted by atomic mass is 16.6. The van der Waals surface area contributed by atoms with Crippen LogP contribution in [0.15, 0.2) is 102 Å². The number of rotatable bonds is 9. The standard InChI is InChI=1S/C33H30N4O4/c1-4-40-29-19-22(15-18-28(29)41-33(39)24-13-9-6-10-14-24)21-34-36-32(38)31-30(23-11-7-5-8-12-23)26-20-25(37(2)3)16-17-27(26)35-31/h5-21,35H,4H2,1-3H3,(H,36,38). The Morgan fingerprint density at radius 1 is 0.902 bits per heavy atom. The summed E-state index contributed by atoms with van der Waals surface area (Å²) < 4.78 is 11.3. The predicted molar refractivity (Wildman–Crippen MR) is 162 cm³/mol. The van der Waals surface area contributed by atoms with Gasteiger partial charge in [-0.2, -0.15) is 5.10 Å². The number of hydrogen-bond donors (Lipinski definition) is 2. The fraction of sp³-hybridized carbons (Fsp3) is 0.121. The van der Waals surface area contributed by atoms with E-state index in [1.54, 1.807) is 42.5 Å². The lowest BCUT2D eigenvalue weighted by Crippen LogP contribution is -2.18. The van der Waals surface area contributed by atoms with Gasteiger partial charge in [-0.3, -0.25) is 4.79 Å². The van der Waals surface area contributed by atoms with Crippen LogP contribution in [0.4, 0.5) is 5.69 Å². The van der Waals surface area contributed by atoms with Gasteiger partial charge >= 0.3 is 5.97 Å². The zero-order valence-electron chi connectivity index (χ0n) is 23.0. The third-order valence-electron chi connectivity index (χ3n) is 6.45. The number of benzene rings is 4. The molecular formula is C33H30N4O4. The summed E-state index contributed by atoms with van der Waals surface area (Å²) in [5.41, 5.74) is 7.76. The first-order valence-electron chi connectivity index (χ1n) is 13.2. The van der Waals surface area contributed by atoms with Crippen LogP contribution in [-0.2, 0) is 0 Å². The van der Waals surface area contributed by atoms with Gasteiger partial charge in [-0.1, -0.05) is 48.5 Å². The molecule has 0 saturated heterocycles. The number of nitrogens with one attached hydrogen (secondary N) is 2. The van der Waals surface area contributed by atoms with Gasteiger partial charge in [0.15, 0.2) is 11.5 Å². The number of fused-ring (bicyclic) bond motifs is 1. The van der Waals surface area contributed by atoms with E-state index in [0.29, 0.717) is 34.9 Å². The van der Waals surface area contributed by atoms with Crippen molar-refractivity contribution in [1.29, 1.82) is 0 Å². The molecule has 5 rings (SSSR count). The van der Waals surface area contributed by atoms with Crippen molar-refractivity contribution in [2.75, 3.05) is 25.6 Å². The van der Waals surface area contributed by atoms with Gasteiger partial charge in [0.2, 0.25) is 0 Å². The molecule has 8 nitrogen and oxygen atoms in total. The quantitative estimate of drug-likeness (QED) is 0.0982. The van der Waals surface area contributed by atoms with Crippen molar-refractivity contribution in [3.05, 3.63) is 114 Å². The molecular weight excluding hydrogens is 516 g/mol. The molecule has 4 aromatic carbocycles. The van der Waals surface area contributed by atoms with E-state index in [2.05, 4.69) is 21.6 Å². The Balaban J connectivity index is 1.38. The summed E-state index contributed by atoms with van der Waals surface area (Å²) in [6.07, 6.45) is 1.51. The molecule has 0 fully saturated rings. The van der Waals surface area contributed by atoms with Crippen LogP contribution in [0.2, 0.25) is 0 Å². The van der Waals surface area contributed by atoms with Gasteiger partial charge in [-0.05, 0) is 66.6 Å². The van der Waals surface area contributed by atoms with Crippen LogP contribution < -0.4 is 19.8 Å². The number of anilines is 1. The molecule has 0 bridgehead atoms. The summed E-state index contributed by atoms with van der Waals surface area (Å²) in [6, 6.07) is 29.6. The first-order valence-corrected chi connectivity index (χ1v) is 13.2. The summed E-state index contributed by atoms with van der Waals surface area (Å²) in [6.45, 7) is 2.22. The number of esters is 1. The molecule has 0 saturated carbocycles. The van der Waals surface area contributed by atoms with Crippen LogP contribution in [0.25, 0.3) is 22.0 Å². The Bertz CT molecular complexity index is 1710. The topological polar surface area (TPSA) is 96.0 Å². The molecule has 41 heavy (non-hydrogen) atoms. The third kappa shape index (κ3) is 6.12. The molecule has 8 heteroatoms. The molecule has 206 valence electrons. The summed E-state index contributed by atoms with van der Waals surface area (Å²) in [5.74, 6) is -0.165. The van der Waals surface area contributed by atoms with Crippen molar-refractivity contribution in [3.8, 4) is 22.6 Å². The van der Waals surface area contributed by atoms with Crippen molar-refractivity contribution >= 4 is 34.7 Å². The summed E-state index contributed by atoms with van der Waals surface area (Å²) >= 11 is 0. The normalized spacial score (nSPS) is 11.0. The van der Waals surface area contributed by atoms with Crippen molar-refractivity contribution in [1.82, 2.24) is 10.4 Å². The molecule has 0 radical (unpaired) electrons. The van der Waals surface area contributed by atoms with Crippen LogP contribution >= 0.6 is 0 Å². The van der Waals surface area contributed by atoms with Crippen LogP contribution in [0, 0.1) is 0 Å². The number of aromatic amines is 1. The number of hydrazone groups is 1. The number of hydrogen-bond acceptors (Lipinski definition) is 6. The van der Waals surface area contributed by atoms with E-state index < -0.39 is 5.97 Å². The zero-order valence-corrected chi connectivity index (χ0v) is 23.0. The Morgan fingerprint density at radius 3 is 2.34 bits per heavy atom. The number of H-pyrrole nitrogens is 1. The Morgan fingerprint density at radius 2 is 1.63 bits per heavy atom. The number of aromatic nitrogens is 1. The second-order valence-electron chi connectivity index (χ2n) is 9.46. The van der Waals surface area contributed by atoms with Gasteiger partial charge in [-0.25, -0.2) is 10.2 Å². The minimum Gasteiger partial charge on any atom is -0.490 e. The third-order valence-corrected chi connectivity index (χ3v) is 6.45. The fourth-order valence-corrected chi connectivity index (χ4v) is 4.44. The number of nitrogens with zero attached hydrogens (tertiary/aromatic N) is 2. The van der Waals surface area contributed by atoms with Gasteiger partial charge < -0.3 is 19.4 Å². The van der Waals surface area contributed by atoms with Crippen molar-refractivity contribution in [3.63, 3.8) is 0 Å². The second kappa shape index (κ2) is 12.2. The molecule has 2 N–H and O–H groups in total. The van der Waals surface area contributed by atoms with Gasteiger partial charge in [0.1, 0.15) is 5.69 Å². The summed E-state index contributed by atoms with van der Waals surface area (Å²) in [7, 11) is 3.96. The molecule has 0 aliphatic rings. The number of carbonyl (C=O) groups excluding carboxylic acids is 2. The summed E-state index contributed by atoms with van der Waals surface area (Å²) in [4.78, 5) is 31.2. The molecule has 1 amide bonds.